The monoisotopic (exact) mass is 249 g/mol. The van der Waals surface area contributed by atoms with Crippen LogP contribution in [-0.2, 0) is 0 Å². The van der Waals surface area contributed by atoms with Gasteiger partial charge in [0.1, 0.15) is 6.61 Å². The van der Waals surface area contributed by atoms with Crippen molar-refractivity contribution in [1.29, 1.82) is 0 Å². The van der Waals surface area contributed by atoms with E-state index in [1.54, 1.807) is 7.05 Å². The maximum Gasteiger partial charge on any atom is 0.322 e. The molecule has 0 aliphatic carbocycles. The molecule has 0 atom stereocenters. The smallest absolute Gasteiger partial charge is 0.322 e. The molecule has 7 nitrogen and oxygen atoms in total. The van der Waals surface area contributed by atoms with Gasteiger partial charge in [-0.1, -0.05) is 0 Å². The fraction of sp³-hybridized carbons (Fsp3) is 0.625. The number of rotatable bonds is 6. The molecule has 0 unspecified atom stereocenters. The number of nitrogens with one attached hydrogen (secondary N) is 2. The van der Waals surface area contributed by atoms with Crippen molar-refractivity contribution in [3.63, 3.8) is 0 Å². The summed E-state index contributed by atoms with van der Waals surface area (Å²) in [5, 5.41) is 13.3. The maximum absolute atomic E-state index is 12.8. The van der Waals surface area contributed by atoms with E-state index in [9.17, 15) is 8.78 Å². The Morgan fingerprint density at radius 1 is 1.29 bits per heavy atom. The van der Waals surface area contributed by atoms with Crippen LogP contribution in [0.5, 0.6) is 6.01 Å². The third-order valence-electron chi connectivity index (χ3n) is 1.76. The van der Waals surface area contributed by atoms with Gasteiger partial charge >= 0.3 is 6.01 Å². The van der Waals surface area contributed by atoms with Gasteiger partial charge in [-0.3, -0.25) is 0 Å². The van der Waals surface area contributed by atoms with E-state index >= 15 is 0 Å². The number of alkyl halides is 2. The molecule has 0 aliphatic rings. The molecule has 0 saturated heterocycles. The molecular weight excluding hydrogens is 236 g/mol. The minimum Gasteiger partial charge on any atom is -0.467 e. The summed E-state index contributed by atoms with van der Waals surface area (Å²) in [6, 6.07) is -0.000773. The molecule has 96 valence electrons. The van der Waals surface area contributed by atoms with Crippen LogP contribution in [0, 0.1) is 0 Å². The van der Waals surface area contributed by atoms with Crippen LogP contribution in [0.25, 0.3) is 0 Å². The Bertz CT molecular complexity index is 355. The zero-order valence-corrected chi connectivity index (χ0v) is 9.37. The van der Waals surface area contributed by atoms with Gasteiger partial charge < -0.3 is 20.5 Å². The Kier molecular flexibility index (Phi) is 4.32. The highest BCUT2D eigenvalue weighted by Gasteiger charge is 2.27. The van der Waals surface area contributed by atoms with Gasteiger partial charge in [0.05, 0.1) is 13.7 Å². The van der Waals surface area contributed by atoms with Crippen molar-refractivity contribution >= 4 is 11.9 Å². The van der Waals surface area contributed by atoms with Gasteiger partial charge in [0.25, 0.3) is 5.92 Å². The van der Waals surface area contributed by atoms with Crippen LogP contribution < -0.4 is 15.4 Å². The zero-order valence-electron chi connectivity index (χ0n) is 9.37. The van der Waals surface area contributed by atoms with E-state index in [1.165, 1.54) is 7.11 Å². The van der Waals surface area contributed by atoms with E-state index in [1.807, 2.05) is 0 Å². The van der Waals surface area contributed by atoms with Gasteiger partial charge in [0.15, 0.2) is 0 Å². The summed E-state index contributed by atoms with van der Waals surface area (Å²) in [5.41, 5.74) is 0. The van der Waals surface area contributed by atoms with Crippen molar-refractivity contribution in [3.8, 4) is 6.01 Å². The predicted molar refractivity (Wildman–Crippen MR) is 56.4 cm³/mol. The van der Waals surface area contributed by atoms with Gasteiger partial charge in [-0.05, 0) is 0 Å². The molecule has 0 saturated carbocycles. The molecule has 0 radical (unpaired) electrons. The van der Waals surface area contributed by atoms with E-state index in [2.05, 4.69) is 25.6 Å². The largest absolute Gasteiger partial charge is 0.467 e. The minimum absolute atomic E-state index is 0.000773. The average Bonchev–Trinajstić information content (AvgIpc) is 2.36. The highest BCUT2D eigenvalue weighted by Crippen LogP contribution is 2.14. The lowest BCUT2D eigenvalue weighted by Gasteiger charge is -2.14. The topological polar surface area (TPSA) is 92.2 Å². The van der Waals surface area contributed by atoms with Crippen LogP contribution in [0.15, 0.2) is 0 Å². The number of anilines is 2. The second-order valence-corrected chi connectivity index (χ2v) is 3.09. The second kappa shape index (κ2) is 5.53. The highest BCUT2D eigenvalue weighted by atomic mass is 19.3. The summed E-state index contributed by atoms with van der Waals surface area (Å²) in [6.07, 6.45) is 0. The van der Waals surface area contributed by atoms with Crippen molar-refractivity contribution in [2.24, 2.45) is 0 Å². The van der Waals surface area contributed by atoms with E-state index in [4.69, 9.17) is 9.84 Å². The molecule has 0 aromatic carbocycles. The van der Waals surface area contributed by atoms with Crippen molar-refractivity contribution < 1.29 is 18.6 Å². The van der Waals surface area contributed by atoms with Gasteiger partial charge in [-0.25, -0.2) is 8.78 Å². The minimum atomic E-state index is -3.24. The maximum atomic E-state index is 12.8. The van der Waals surface area contributed by atoms with Crippen LogP contribution in [0.1, 0.15) is 0 Å². The molecule has 1 rings (SSSR count). The Morgan fingerprint density at radius 3 is 2.47 bits per heavy atom. The van der Waals surface area contributed by atoms with Crippen molar-refractivity contribution in [3.05, 3.63) is 0 Å². The Morgan fingerprint density at radius 2 is 1.94 bits per heavy atom. The molecule has 17 heavy (non-hydrogen) atoms. The molecule has 1 aromatic heterocycles. The third-order valence-corrected chi connectivity index (χ3v) is 1.76. The lowest BCUT2D eigenvalue weighted by Crippen LogP contribution is -2.31. The van der Waals surface area contributed by atoms with Crippen LogP contribution in [-0.4, -0.2) is 53.3 Å². The fourth-order valence-electron chi connectivity index (χ4n) is 0.903. The predicted octanol–water partition coefficient (Wildman–Crippen LogP) is -0.0386. The molecule has 0 amide bonds. The summed E-state index contributed by atoms with van der Waals surface area (Å²) in [6.45, 7) is -2.03. The van der Waals surface area contributed by atoms with Gasteiger partial charge in [-0.15, -0.1) is 0 Å². The summed E-state index contributed by atoms with van der Waals surface area (Å²) >= 11 is 0. The van der Waals surface area contributed by atoms with E-state index < -0.39 is 19.1 Å². The van der Waals surface area contributed by atoms with Crippen molar-refractivity contribution in [1.82, 2.24) is 15.0 Å². The SMILES string of the molecule is CNc1nc(NCC(F)(F)CO)nc(OC)n1. The number of ether oxygens (including phenoxy) is 1. The number of aliphatic hydroxyl groups is 1. The quantitative estimate of drug-likeness (QED) is 0.651. The molecule has 3 N–H and O–H groups in total. The molecular formula is C8H13F2N5O2. The number of hydrogen-bond acceptors (Lipinski definition) is 7. The van der Waals surface area contributed by atoms with Crippen molar-refractivity contribution in [2.45, 2.75) is 5.92 Å². The summed E-state index contributed by atoms with van der Waals surface area (Å²) in [5.74, 6) is -3.11. The first-order valence-electron chi connectivity index (χ1n) is 4.71. The lowest BCUT2D eigenvalue weighted by molar-refractivity contribution is -0.0374. The standard InChI is InChI=1S/C8H13F2N5O2/c1-11-5-13-6(15-7(14-5)17-2)12-3-8(9,10)4-16/h16H,3-4H2,1-2H3,(H2,11,12,13,14,15). The number of hydrogen-bond donors (Lipinski definition) is 3. The summed E-state index contributed by atoms with van der Waals surface area (Å²) < 4.78 is 30.3. The molecule has 9 heteroatoms. The highest BCUT2D eigenvalue weighted by molar-refractivity contribution is 5.35. The number of halogens is 2. The Labute approximate surface area is 96.3 Å². The summed E-state index contributed by atoms with van der Waals surface area (Å²) in [7, 11) is 2.92. The second-order valence-electron chi connectivity index (χ2n) is 3.09. The summed E-state index contributed by atoms with van der Waals surface area (Å²) in [4.78, 5) is 11.3. The number of nitrogens with zero attached hydrogens (tertiary/aromatic N) is 3. The first kappa shape index (κ1) is 13.3. The Balaban J connectivity index is 2.76. The Hall–Kier alpha value is -1.77. The zero-order chi connectivity index (χ0) is 12.9. The normalized spacial score (nSPS) is 11.1. The van der Waals surface area contributed by atoms with E-state index in [-0.39, 0.29) is 17.9 Å². The van der Waals surface area contributed by atoms with Crippen LogP contribution in [0.3, 0.4) is 0 Å². The number of aromatic nitrogens is 3. The van der Waals surface area contributed by atoms with E-state index in [0.29, 0.717) is 0 Å². The first-order valence-corrected chi connectivity index (χ1v) is 4.71. The van der Waals surface area contributed by atoms with E-state index in [0.717, 1.165) is 0 Å². The average molecular weight is 249 g/mol. The van der Waals surface area contributed by atoms with Gasteiger partial charge in [0, 0.05) is 7.05 Å². The molecule has 1 aromatic rings. The van der Waals surface area contributed by atoms with Gasteiger partial charge in [0.2, 0.25) is 11.9 Å². The number of methoxy groups -OCH3 is 1. The molecule has 0 aliphatic heterocycles. The van der Waals surface area contributed by atoms with Crippen LogP contribution >= 0.6 is 0 Å². The molecule has 0 fully saturated rings. The first-order chi connectivity index (χ1) is 8.00. The third kappa shape index (κ3) is 3.94. The molecule has 1 heterocycles. The molecule has 0 spiro atoms. The van der Waals surface area contributed by atoms with Gasteiger partial charge in [-0.2, -0.15) is 15.0 Å². The van der Waals surface area contributed by atoms with Crippen LogP contribution in [0.4, 0.5) is 20.7 Å². The molecule has 0 bridgehead atoms. The van der Waals surface area contributed by atoms with Crippen molar-refractivity contribution in [2.75, 3.05) is 37.9 Å². The number of aliphatic hydroxyl groups excluding tert-OH is 1. The fourth-order valence-corrected chi connectivity index (χ4v) is 0.903. The van der Waals surface area contributed by atoms with Crippen LogP contribution in [0.2, 0.25) is 0 Å². The lowest BCUT2D eigenvalue weighted by atomic mass is 10.3.